The fourth-order valence-electron chi connectivity index (χ4n) is 4.40. The molecule has 0 radical (unpaired) electrons. The van der Waals surface area contributed by atoms with Gasteiger partial charge in [0.1, 0.15) is 16.7 Å². The van der Waals surface area contributed by atoms with Gasteiger partial charge in [-0.05, 0) is 37.1 Å². The number of aromatic nitrogens is 3. The van der Waals surface area contributed by atoms with Gasteiger partial charge in [0.2, 0.25) is 5.91 Å². The van der Waals surface area contributed by atoms with Gasteiger partial charge in [0.15, 0.2) is 17.9 Å². The second kappa shape index (κ2) is 9.44. The number of nitrogens with two attached hydrogens (primary N) is 1. The van der Waals surface area contributed by atoms with Crippen molar-refractivity contribution >= 4 is 40.2 Å². The number of allylic oxidation sites excluding steroid dienone is 1. The van der Waals surface area contributed by atoms with E-state index in [0.29, 0.717) is 78.6 Å². The van der Waals surface area contributed by atoms with E-state index in [-0.39, 0.29) is 11.5 Å². The highest BCUT2D eigenvalue weighted by atomic mass is 19.1. The Morgan fingerprint density at radius 2 is 2.08 bits per heavy atom. The van der Waals surface area contributed by atoms with Gasteiger partial charge < -0.3 is 20.3 Å². The number of rotatable bonds is 5. The number of morpholine rings is 1. The zero-order valence-electron chi connectivity index (χ0n) is 20.3. The normalized spacial score (nSPS) is 19.9. The molecule has 11 nitrogen and oxygen atoms in total. The number of nitrogens with zero attached hydrogens (tertiary/aromatic N) is 6. The van der Waals surface area contributed by atoms with Gasteiger partial charge in [0.25, 0.3) is 0 Å². The number of pyridine rings is 1. The molecule has 2 aromatic heterocycles. The molecule has 3 aliphatic rings. The van der Waals surface area contributed by atoms with Gasteiger partial charge in [-0.15, -0.1) is 0 Å². The van der Waals surface area contributed by atoms with Gasteiger partial charge in [-0.2, -0.15) is 5.26 Å². The first-order valence-corrected chi connectivity index (χ1v) is 12.2. The molecule has 1 unspecified atom stereocenters. The van der Waals surface area contributed by atoms with Crippen molar-refractivity contribution < 1.29 is 13.9 Å². The summed E-state index contributed by atoms with van der Waals surface area (Å²) in [5.41, 5.74) is 7.67. The first kappa shape index (κ1) is 23.9. The Morgan fingerprint density at radius 3 is 2.79 bits per heavy atom. The zero-order valence-corrected chi connectivity index (χ0v) is 20.3. The van der Waals surface area contributed by atoms with E-state index < -0.39 is 17.5 Å². The monoisotopic (exact) mass is 513 g/mol. The van der Waals surface area contributed by atoms with Crippen molar-refractivity contribution in [1.29, 1.82) is 5.26 Å². The Kier molecular flexibility index (Phi) is 5.94. The summed E-state index contributed by atoms with van der Waals surface area (Å²) in [6.45, 7) is 2.42. The number of ether oxygens (including phenoxy) is 1. The van der Waals surface area contributed by atoms with Crippen LogP contribution >= 0.6 is 0 Å². The summed E-state index contributed by atoms with van der Waals surface area (Å²) >= 11 is 0. The molecule has 6 rings (SSSR count). The molecular formula is C26H24FN9O2. The summed E-state index contributed by atoms with van der Waals surface area (Å²) < 4.78 is 20.5. The third kappa shape index (κ3) is 4.42. The second-order valence-electron chi connectivity index (χ2n) is 9.39. The lowest BCUT2D eigenvalue weighted by atomic mass is 10.0. The molecule has 0 bridgehead atoms. The summed E-state index contributed by atoms with van der Waals surface area (Å²) in [4.78, 5) is 32.9. The van der Waals surface area contributed by atoms with Crippen molar-refractivity contribution in [3.05, 3.63) is 48.3 Å². The van der Waals surface area contributed by atoms with Crippen LogP contribution in [0.4, 0.5) is 15.9 Å². The fourth-order valence-corrected chi connectivity index (χ4v) is 4.40. The number of hydrogen-bond donors (Lipinski definition) is 3. The lowest BCUT2D eigenvalue weighted by molar-refractivity contribution is -0.119. The van der Waals surface area contributed by atoms with Crippen LogP contribution < -0.4 is 21.3 Å². The molecule has 1 saturated carbocycles. The lowest BCUT2D eigenvalue weighted by Gasteiger charge is -2.28. The van der Waals surface area contributed by atoms with Crippen LogP contribution in [0.25, 0.3) is 27.7 Å². The highest BCUT2D eigenvalue weighted by molar-refractivity contribution is 6.09. The summed E-state index contributed by atoms with van der Waals surface area (Å²) in [6, 6.07) is 8.11. The maximum atomic E-state index is 15.0. The molecule has 0 spiro atoms. The predicted molar refractivity (Wildman–Crippen MR) is 139 cm³/mol. The SMILES string of the molecule is N#CC1(C(=O)Nc2ccc(F)c(-c3cnc4c(N5CCOCC5)nc(C5=CNC(N)N=C5)nc4c3)c2)CC1. The molecule has 3 aromatic rings. The van der Waals surface area contributed by atoms with Gasteiger partial charge in [0, 0.05) is 48.5 Å². The predicted octanol–water partition coefficient (Wildman–Crippen LogP) is 2.17. The number of carbonyl (C=O) groups excluding carboxylic acids is 1. The van der Waals surface area contributed by atoms with Crippen LogP contribution in [-0.2, 0) is 9.53 Å². The molecule has 1 aliphatic carbocycles. The zero-order chi connectivity index (χ0) is 26.3. The molecule has 1 aromatic carbocycles. The topological polar surface area (TPSA) is 154 Å². The van der Waals surface area contributed by atoms with Crippen molar-refractivity contribution in [1.82, 2.24) is 20.3 Å². The van der Waals surface area contributed by atoms with Crippen LogP contribution in [-0.4, -0.2) is 59.7 Å². The smallest absolute Gasteiger partial charge is 0.244 e. The maximum absolute atomic E-state index is 15.0. The van der Waals surface area contributed by atoms with Crippen molar-refractivity contribution in [3.8, 4) is 17.2 Å². The van der Waals surface area contributed by atoms with Crippen molar-refractivity contribution in [3.63, 3.8) is 0 Å². The van der Waals surface area contributed by atoms with E-state index >= 15 is 0 Å². The lowest BCUT2D eigenvalue weighted by Crippen LogP contribution is -2.37. The Labute approximate surface area is 217 Å². The van der Waals surface area contributed by atoms with Crippen LogP contribution in [0.15, 0.2) is 41.7 Å². The van der Waals surface area contributed by atoms with Crippen LogP contribution in [0.2, 0.25) is 0 Å². The number of fused-ring (bicyclic) bond motifs is 1. The summed E-state index contributed by atoms with van der Waals surface area (Å²) in [6.07, 6.45) is 5.40. The highest BCUT2D eigenvalue weighted by Crippen LogP contribution is 2.46. The van der Waals surface area contributed by atoms with Gasteiger partial charge in [-0.3, -0.25) is 20.5 Å². The molecule has 38 heavy (non-hydrogen) atoms. The average molecular weight is 514 g/mol. The van der Waals surface area contributed by atoms with E-state index in [0.717, 1.165) is 0 Å². The highest BCUT2D eigenvalue weighted by Gasteiger charge is 2.50. The number of nitrogens with one attached hydrogen (secondary N) is 2. The minimum absolute atomic E-state index is 0.248. The molecular weight excluding hydrogens is 489 g/mol. The summed E-state index contributed by atoms with van der Waals surface area (Å²) in [7, 11) is 0. The van der Waals surface area contributed by atoms with E-state index in [1.807, 2.05) is 0 Å². The minimum Gasteiger partial charge on any atom is -0.378 e. The molecule has 192 valence electrons. The molecule has 2 fully saturated rings. The van der Waals surface area contributed by atoms with Crippen LogP contribution in [0.3, 0.4) is 0 Å². The number of benzene rings is 1. The Bertz CT molecular complexity index is 1540. The summed E-state index contributed by atoms with van der Waals surface area (Å²) in [5.74, 6) is 0.219. The van der Waals surface area contributed by atoms with Crippen molar-refractivity contribution in [2.24, 2.45) is 16.1 Å². The number of nitriles is 1. The number of carbonyl (C=O) groups is 1. The van der Waals surface area contributed by atoms with Gasteiger partial charge in [-0.1, -0.05) is 0 Å². The van der Waals surface area contributed by atoms with Gasteiger partial charge >= 0.3 is 0 Å². The number of amides is 1. The van der Waals surface area contributed by atoms with E-state index in [4.69, 9.17) is 20.4 Å². The first-order valence-electron chi connectivity index (χ1n) is 12.2. The standard InChI is InChI=1S/C26H24FN9O2/c27-19-2-1-17(33-24(37)26(14-28)3-4-26)10-18(19)15-9-20-21(30-11-15)23(36-5-7-38-8-6-36)35-22(34-20)16-12-31-25(29)32-13-16/h1-2,9-13,25,31H,3-8,29H2,(H,33,37). The molecule has 1 saturated heterocycles. The summed E-state index contributed by atoms with van der Waals surface area (Å²) in [5, 5.41) is 15.0. The van der Waals surface area contributed by atoms with Crippen molar-refractivity contribution in [2.75, 3.05) is 36.5 Å². The third-order valence-electron chi connectivity index (χ3n) is 6.80. The minimum atomic E-state index is -0.988. The fraction of sp³-hybridized carbons (Fsp3) is 0.308. The van der Waals surface area contributed by atoms with Gasteiger partial charge in [0.05, 0.1) is 30.4 Å². The van der Waals surface area contributed by atoms with E-state index in [2.05, 4.69) is 31.6 Å². The number of anilines is 2. The molecule has 12 heteroatoms. The van der Waals surface area contributed by atoms with Gasteiger partial charge in [-0.25, -0.2) is 14.4 Å². The Morgan fingerprint density at radius 1 is 1.26 bits per heavy atom. The quantitative estimate of drug-likeness (QED) is 0.465. The number of aliphatic imine (C=N–C) groups is 1. The Balaban J connectivity index is 1.41. The number of halogens is 1. The van der Waals surface area contributed by atoms with Crippen LogP contribution in [0.5, 0.6) is 0 Å². The Hall–Kier alpha value is -4.47. The first-order chi connectivity index (χ1) is 18.5. The molecule has 4 N–H and O–H groups in total. The largest absolute Gasteiger partial charge is 0.378 e. The molecule has 1 amide bonds. The maximum Gasteiger partial charge on any atom is 0.244 e. The number of hydrogen-bond acceptors (Lipinski definition) is 10. The van der Waals surface area contributed by atoms with E-state index in [1.165, 1.54) is 18.2 Å². The van der Waals surface area contributed by atoms with Crippen molar-refractivity contribution in [2.45, 2.75) is 19.1 Å². The van der Waals surface area contributed by atoms with Crippen LogP contribution in [0, 0.1) is 22.6 Å². The molecule has 4 heterocycles. The second-order valence-corrected chi connectivity index (χ2v) is 9.39. The van der Waals surface area contributed by atoms with Crippen LogP contribution in [0.1, 0.15) is 18.7 Å². The third-order valence-corrected chi connectivity index (χ3v) is 6.80. The molecule has 2 aliphatic heterocycles. The average Bonchev–Trinajstić information content (AvgIpc) is 3.76. The molecule has 1 atom stereocenters. The van der Waals surface area contributed by atoms with E-state index in [1.54, 1.807) is 24.7 Å². The van der Waals surface area contributed by atoms with E-state index in [9.17, 15) is 14.4 Å².